The van der Waals surface area contributed by atoms with Gasteiger partial charge in [0, 0.05) is 38.1 Å². The predicted octanol–water partition coefficient (Wildman–Crippen LogP) is 13.9. The summed E-state index contributed by atoms with van der Waals surface area (Å²) in [6, 6.07) is 70.2. The van der Waals surface area contributed by atoms with Crippen LogP contribution in [0.3, 0.4) is 0 Å². The number of hydrogen-bond donors (Lipinski definition) is 0. The highest BCUT2D eigenvalue weighted by Gasteiger charge is 2.20. The minimum absolute atomic E-state index is 0.619. The molecule has 3 aromatic heterocycles. The van der Waals surface area contributed by atoms with Crippen molar-refractivity contribution in [3.05, 3.63) is 200 Å². The van der Waals surface area contributed by atoms with Gasteiger partial charge in [0.15, 0.2) is 0 Å². The molecule has 262 valence electrons. The molecule has 4 nitrogen and oxygen atoms in total. The van der Waals surface area contributed by atoms with Crippen LogP contribution in [-0.2, 0) is 0 Å². The van der Waals surface area contributed by atoms with Crippen molar-refractivity contribution in [1.82, 2.24) is 14.5 Å². The van der Waals surface area contributed by atoms with Gasteiger partial charge >= 0.3 is 0 Å². The van der Waals surface area contributed by atoms with E-state index in [1.807, 2.05) is 18.2 Å². The number of hydrogen-bond acceptors (Lipinski definition) is 3. The summed E-state index contributed by atoms with van der Waals surface area (Å²) in [4.78, 5) is 10.6. The second kappa shape index (κ2) is 13.1. The SMILES string of the molecule is c1ccc(-c2ccc3oc4ccccc4c4ccccc4c4c(ccc5c4c4ccccc4n5-c4nc(-c5ccccc5)cc(-c5ccccc5)n4)c3c2)cc1. The number of aromatic nitrogens is 3. The van der Waals surface area contributed by atoms with Crippen LogP contribution in [0.5, 0.6) is 0 Å². The summed E-state index contributed by atoms with van der Waals surface area (Å²) in [5.41, 5.74) is 9.77. The zero-order chi connectivity index (χ0) is 37.0. The second-order valence-electron chi connectivity index (χ2n) is 14.1. The molecule has 0 radical (unpaired) electrons. The van der Waals surface area contributed by atoms with E-state index in [1.165, 1.54) is 0 Å². The predicted molar refractivity (Wildman–Crippen MR) is 233 cm³/mol. The number of benzene rings is 8. The smallest absolute Gasteiger partial charge is 0.235 e. The maximum Gasteiger partial charge on any atom is 0.235 e. The minimum atomic E-state index is 0.619. The van der Waals surface area contributed by atoms with Crippen molar-refractivity contribution in [2.75, 3.05) is 0 Å². The van der Waals surface area contributed by atoms with E-state index in [1.54, 1.807) is 0 Å². The Labute approximate surface area is 322 Å². The molecule has 0 saturated heterocycles. The third-order valence-electron chi connectivity index (χ3n) is 10.9. The fraction of sp³-hybridized carbons (Fsp3) is 0. The van der Waals surface area contributed by atoms with Gasteiger partial charge in [0.25, 0.3) is 0 Å². The molecule has 0 N–H and O–H groups in total. The van der Waals surface area contributed by atoms with Crippen LogP contribution in [0.15, 0.2) is 205 Å². The molecule has 3 heterocycles. The summed E-state index contributed by atoms with van der Waals surface area (Å²) in [6.07, 6.45) is 0. The summed E-state index contributed by atoms with van der Waals surface area (Å²) < 4.78 is 9.17. The largest absolute Gasteiger partial charge is 0.456 e. The quantitative estimate of drug-likeness (QED) is 0.182. The average Bonchev–Trinajstić information content (AvgIpc) is 3.63. The molecule has 0 amide bonds. The summed E-state index contributed by atoms with van der Waals surface area (Å²) >= 11 is 0. The van der Waals surface area contributed by atoms with Gasteiger partial charge in [0.1, 0.15) is 11.2 Å². The van der Waals surface area contributed by atoms with E-state index in [4.69, 9.17) is 14.4 Å². The molecule has 0 bridgehead atoms. The highest BCUT2D eigenvalue weighted by atomic mass is 16.3. The first-order valence-corrected chi connectivity index (χ1v) is 18.9. The monoisotopic (exact) mass is 715 g/mol. The van der Waals surface area contributed by atoms with E-state index < -0.39 is 0 Å². The van der Waals surface area contributed by atoms with Crippen LogP contribution in [0.4, 0.5) is 0 Å². The summed E-state index contributed by atoms with van der Waals surface area (Å²) in [5.74, 6) is 0.619. The Morgan fingerprint density at radius 1 is 0.321 bits per heavy atom. The molecule has 0 atom stereocenters. The van der Waals surface area contributed by atoms with E-state index in [0.717, 1.165) is 98.9 Å². The van der Waals surface area contributed by atoms with Crippen LogP contribution in [0.25, 0.3) is 105 Å². The van der Waals surface area contributed by atoms with Crippen molar-refractivity contribution in [1.29, 1.82) is 0 Å². The van der Waals surface area contributed by atoms with Gasteiger partial charge in [-0.15, -0.1) is 0 Å². The highest BCUT2D eigenvalue weighted by Crippen LogP contribution is 2.42. The Morgan fingerprint density at radius 3 is 1.55 bits per heavy atom. The molecule has 0 aliphatic carbocycles. The van der Waals surface area contributed by atoms with Crippen molar-refractivity contribution in [2.24, 2.45) is 0 Å². The first-order chi connectivity index (χ1) is 27.8. The van der Waals surface area contributed by atoms with E-state index >= 15 is 0 Å². The molecule has 0 fully saturated rings. The maximum atomic E-state index is 6.93. The standard InChI is InChI=1S/C52H33N3O/c1-4-16-34(17-5-1)37-28-31-49-43(32-37)41-29-30-47-51(50(41)40-24-11-10-22-38(40)39-23-13-15-27-48(39)56-49)42-25-12-14-26-46(42)55(47)52-53-44(35-18-6-2-7-19-35)33-45(54-52)36-20-8-3-9-21-36/h1-33H. The lowest BCUT2D eigenvalue weighted by Crippen LogP contribution is -2.04. The normalized spacial score (nSPS) is 11.6. The van der Waals surface area contributed by atoms with Crippen LogP contribution in [-0.4, -0.2) is 14.5 Å². The first-order valence-electron chi connectivity index (χ1n) is 18.9. The van der Waals surface area contributed by atoms with Gasteiger partial charge in [-0.05, 0) is 63.7 Å². The van der Waals surface area contributed by atoms with Crippen molar-refractivity contribution in [3.63, 3.8) is 0 Å². The lowest BCUT2D eigenvalue weighted by Gasteiger charge is -2.12. The van der Waals surface area contributed by atoms with Crippen LogP contribution in [0.1, 0.15) is 0 Å². The molecule has 0 spiro atoms. The molecule has 56 heavy (non-hydrogen) atoms. The van der Waals surface area contributed by atoms with Crippen LogP contribution >= 0.6 is 0 Å². The van der Waals surface area contributed by atoms with Gasteiger partial charge < -0.3 is 4.42 Å². The van der Waals surface area contributed by atoms with Gasteiger partial charge in [-0.25, -0.2) is 9.97 Å². The molecule has 8 aromatic carbocycles. The maximum absolute atomic E-state index is 6.93. The van der Waals surface area contributed by atoms with Gasteiger partial charge in [-0.2, -0.15) is 0 Å². The molecule has 0 saturated carbocycles. The summed E-state index contributed by atoms with van der Waals surface area (Å²) in [6.45, 7) is 0. The van der Waals surface area contributed by atoms with Crippen molar-refractivity contribution in [3.8, 4) is 39.6 Å². The van der Waals surface area contributed by atoms with Gasteiger partial charge in [0.2, 0.25) is 5.95 Å². The van der Waals surface area contributed by atoms with Crippen molar-refractivity contribution in [2.45, 2.75) is 0 Å². The zero-order valence-electron chi connectivity index (χ0n) is 30.3. The Morgan fingerprint density at radius 2 is 0.857 bits per heavy atom. The molecule has 4 heteroatoms. The van der Waals surface area contributed by atoms with Gasteiger partial charge in [-0.3, -0.25) is 4.57 Å². The molecular weight excluding hydrogens is 683 g/mol. The molecule has 0 aliphatic heterocycles. The number of fused-ring (bicyclic) bond motifs is 11. The average molecular weight is 716 g/mol. The first kappa shape index (κ1) is 31.9. The van der Waals surface area contributed by atoms with E-state index in [-0.39, 0.29) is 0 Å². The molecular formula is C52H33N3O. The lowest BCUT2D eigenvalue weighted by atomic mass is 9.96. The molecule has 11 rings (SSSR count). The highest BCUT2D eigenvalue weighted by molar-refractivity contribution is 6.32. The summed E-state index contributed by atoms with van der Waals surface area (Å²) in [5, 5.41) is 8.81. The van der Waals surface area contributed by atoms with Crippen molar-refractivity contribution >= 4 is 65.3 Å². The number of para-hydroxylation sites is 2. The Kier molecular flexibility index (Phi) is 7.46. The Hall–Kier alpha value is -7.56. The zero-order valence-corrected chi connectivity index (χ0v) is 30.3. The van der Waals surface area contributed by atoms with E-state index in [9.17, 15) is 0 Å². The summed E-state index contributed by atoms with van der Waals surface area (Å²) in [7, 11) is 0. The fourth-order valence-electron chi connectivity index (χ4n) is 8.30. The van der Waals surface area contributed by atoms with Crippen molar-refractivity contribution < 1.29 is 4.42 Å². The minimum Gasteiger partial charge on any atom is -0.456 e. The Bertz CT molecular complexity index is 3290. The molecule has 11 aromatic rings. The van der Waals surface area contributed by atoms with Crippen LogP contribution in [0.2, 0.25) is 0 Å². The van der Waals surface area contributed by atoms with E-state index in [2.05, 4.69) is 187 Å². The Balaban J connectivity index is 1.34. The number of nitrogens with zero attached hydrogens (tertiary/aromatic N) is 3. The third-order valence-corrected chi connectivity index (χ3v) is 10.9. The number of rotatable bonds is 4. The third kappa shape index (κ3) is 5.23. The molecule has 0 aliphatic rings. The molecule has 0 unspecified atom stereocenters. The van der Waals surface area contributed by atoms with Gasteiger partial charge in [-0.1, -0.05) is 164 Å². The second-order valence-corrected chi connectivity index (χ2v) is 14.1. The van der Waals surface area contributed by atoms with Crippen LogP contribution < -0.4 is 0 Å². The van der Waals surface area contributed by atoms with E-state index in [0.29, 0.717) is 5.95 Å². The topological polar surface area (TPSA) is 43.9 Å². The lowest BCUT2D eigenvalue weighted by molar-refractivity contribution is 0.663. The fourth-order valence-corrected chi connectivity index (χ4v) is 8.30. The van der Waals surface area contributed by atoms with Crippen LogP contribution in [0, 0.1) is 0 Å². The van der Waals surface area contributed by atoms with Gasteiger partial charge in [0.05, 0.1) is 22.4 Å².